The number of carboxylic acid groups (broad SMARTS) is 1. The van der Waals surface area contributed by atoms with Crippen LogP contribution in [0.25, 0.3) is 0 Å². The van der Waals surface area contributed by atoms with Gasteiger partial charge in [-0.1, -0.05) is 18.2 Å². The van der Waals surface area contributed by atoms with Crippen LogP contribution in [-0.2, 0) is 4.79 Å². The number of unbranched alkanes of at least 4 members (excludes halogenated alkanes) is 3. The van der Waals surface area contributed by atoms with Gasteiger partial charge in [0.05, 0.1) is 0 Å². The van der Waals surface area contributed by atoms with Crippen LogP contribution in [0.2, 0.25) is 0 Å². The van der Waals surface area contributed by atoms with Crippen molar-refractivity contribution >= 4 is 5.97 Å². The maximum Gasteiger partial charge on any atom is 0.330 e. The van der Waals surface area contributed by atoms with Crippen LogP contribution in [0.3, 0.4) is 0 Å². The molecule has 0 aliphatic heterocycles. The van der Waals surface area contributed by atoms with Crippen LogP contribution in [0, 0.1) is 0 Å². The SMILES string of the molecule is C/C=C/CCCC/C=C(/C)C(=O)O. The normalized spacial score (nSPS) is 12.3. The van der Waals surface area contributed by atoms with Crippen molar-refractivity contribution in [2.75, 3.05) is 0 Å². The molecule has 0 aromatic heterocycles. The zero-order valence-corrected chi connectivity index (χ0v) is 8.42. The van der Waals surface area contributed by atoms with Crippen LogP contribution < -0.4 is 0 Å². The summed E-state index contributed by atoms with van der Waals surface area (Å²) < 4.78 is 0. The highest BCUT2D eigenvalue weighted by molar-refractivity contribution is 5.85. The van der Waals surface area contributed by atoms with Crippen molar-refractivity contribution < 1.29 is 9.90 Å². The predicted octanol–water partition coefficient (Wildman–Crippen LogP) is 3.15. The van der Waals surface area contributed by atoms with Gasteiger partial charge >= 0.3 is 5.97 Å². The topological polar surface area (TPSA) is 37.3 Å². The van der Waals surface area contributed by atoms with Crippen LogP contribution in [0.15, 0.2) is 23.8 Å². The number of hydrogen-bond acceptors (Lipinski definition) is 1. The molecule has 0 rings (SSSR count). The van der Waals surface area contributed by atoms with Crippen molar-refractivity contribution in [2.24, 2.45) is 0 Å². The van der Waals surface area contributed by atoms with Crippen molar-refractivity contribution in [3.63, 3.8) is 0 Å². The predicted molar refractivity (Wildman–Crippen MR) is 54.7 cm³/mol. The molecule has 2 heteroatoms. The van der Waals surface area contributed by atoms with Gasteiger partial charge in [0.2, 0.25) is 0 Å². The quantitative estimate of drug-likeness (QED) is 0.389. The molecule has 1 N–H and O–H groups in total. The van der Waals surface area contributed by atoms with Crippen LogP contribution in [0.5, 0.6) is 0 Å². The van der Waals surface area contributed by atoms with Gasteiger partial charge in [-0.25, -0.2) is 4.79 Å². The summed E-state index contributed by atoms with van der Waals surface area (Å²) in [5.74, 6) is -0.812. The van der Waals surface area contributed by atoms with E-state index in [1.165, 1.54) is 0 Å². The third kappa shape index (κ3) is 7.32. The minimum absolute atomic E-state index is 0.450. The second-order valence-electron chi connectivity index (χ2n) is 3.05. The van der Waals surface area contributed by atoms with Gasteiger partial charge in [0.1, 0.15) is 0 Å². The second kappa shape index (κ2) is 7.59. The van der Waals surface area contributed by atoms with E-state index in [2.05, 4.69) is 6.08 Å². The fourth-order valence-corrected chi connectivity index (χ4v) is 0.979. The Balaban J connectivity index is 3.44. The lowest BCUT2D eigenvalue weighted by Gasteiger charge is -1.94. The average molecular weight is 182 g/mol. The van der Waals surface area contributed by atoms with Gasteiger partial charge in [-0.05, 0) is 39.5 Å². The Labute approximate surface area is 80.0 Å². The Morgan fingerprint density at radius 3 is 2.46 bits per heavy atom. The molecule has 0 heterocycles. The minimum Gasteiger partial charge on any atom is -0.478 e. The van der Waals surface area contributed by atoms with E-state index in [4.69, 9.17) is 5.11 Å². The maximum absolute atomic E-state index is 10.4. The first-order valence-electron chi connectivity index (χ1n) is 4.69. The van der Waals surface area contributed by atoms with Gasteiger partial charge < -0.3 is 5.11 Å². The van der Waals surface area contributed by atoms with Crippen molar-refractivity contribution in [1.29, 1.82) is 0 Å². The number of carboxylic acids is 1. The van der Waals surface area contributed by atoms with Crippen molar-refractivity contribution in [2.45, 2.75) is 39.5 Å². The Morgan fingerprint density at radius 2 is 1.92 bits per heavy atom. The monoisotopic (exact) mass is 182 g/mol. The van der Waals surface area contributed by atoms with E-state index in [-0.39, 0.29) is 0 Å². The Hall–Kier alpha value is -1.05. The molecular formula is C11H18O2. The Kier molecular flexibility index (Phi) is 6.98. The molecule has 13 heavy (non-hydrogen) atoms. The summed E-state index contributed by atoms with van der Waals surface area (Å²) in [6, 6.07) is 0. The van der Waals surface area contributed by atoms with E-state index in [0.717, 1.165) is 25.7 Å². The van der Waals surface area contributed by atoms with E-state index >= 15 is 0 Å². The fraction of sp³-hybridized carbons (Fsp3) is 0.545. The summed E-state index contributed by atoms with van der Waals surface area (Å²) in [5.41, 5.74) is 0.450. The van der Waals surface area contributed by atoms with Crippen molar-refractivity contribution in [1.82, 2.24) is 0 Å². The highest BCUT2D eigenvalue weighted by Crippen LogP contribution is 2.04. The van der Waals surface area contributed by atoms with E-state index in [0.29, 0.717) is 5.57 Å². The van der Waals surface area contributed by atoms with Crippen LogP contribution >= 0.6 is 0 Å². The number of aliphatic carboxylic acids is 1. The smallest absolute Gasteiger partial charge is 0.330 e. The van der Waals surface area contributed by atoms with E-state index in [1.54, 1.807) is 13.0 Å². The molecule has 0 unspecified atom stereocenters. The molecule has 0 aromatic carbocycles. The summed E-state index contributed by atoms with van der Waals surface area (Å²) in [6.45, 7) is 3.64. The summed E-state index contributed by atoms with van der Waals surface area (Å²) >= 11 is 0. The molecule has 0 saturated carbocycles. The molecular weight excluding hydrogens is 164 g/mol. The van der Waals surface area contributed by atoms with Gasteiger partial charge in [0.25, 0.3) is 0 Å². The summed E-state index contributed by atoms with van der Waals surface area (Å²) in [4.78, 5) is 10.4. The molecule has 0 atom stereocenters. The van der Waals surface area contributed by atoms with Crippen LogP contribution in [0.4, 0.5) is 0 Å². The zero-order chi connectivity index (χ0) is 10.1. The molecule has 0 bridgehead atoms. The Morgan fingerprint density at radius 1 is 1.31 bits per heavy atom. The molecule has 0 amide bonds. The molecule has 0 fully saturated rings. The maximum atomic E-state index is 10.4. The summed E-state index contributed by atoms with van der Waals surface area (Å²) in [7, 11) is 0. The summed E-state index contributed by atoms with van der Waals surface area (Å²) in [5, 5.41) is 8.54. The lowest BCUT2D eigenvalue weighted by Crippen LogP contribution is -1.95. The third-order valence-electron chi connectivity index (χ3n) is 1.85. The zero-order valence-electron chi connectivity index (χ0n) is 8.42. The van der Waals surface area contributed by atoms with Crippen molar-refractivity contribution in [3.8, 4) is 0 Å². The first-order valence-corrected chi connectivity index (χ1v) is 4.69. The highest BCUT2D eigenvalue weighted by atomic mass is 16.4. The van der Waals surface area contributed by atoms with Gasteiger partial charge in [0.15, 0.2) is 0 Å². The molecule has 0 aliphatic rings. The minimum atomic E-state index is -0.812. The van der Waals surface area contributed by atoms with E-state index < -0.39 is 5.97 Å². The lowest BCUT2D eigenvalue weighted by atomic mass is 10.1. The molecule has 0 radical (unpaired) electrons. The van der Waals surface area contributed by atoms with Gasteiger partial charge in [0, 0.05) is 5.57 Å². The van der Waals surface area contributed by atoms with Crippen LogP contribution in [-0.4, -0.2) is 11.1 Å². The van der Waals surface area contributed by atoms with Gasteiger partial charge in [-0.3, -0.25) is 0 Å². The number of allylic oxidation sites excluding steroid dienone is 3. The first kappa shape index (κ1) is 11.9. The van der Waals surface area contributed by atoms with Gasteiger partial charge in [-0.2, -0.15) is 0 Å². The molecule has 74 valence electrons. The van der Waals surface area contributed by atoms with E-state index in [9.17, 15) is 4.79 Å². The summed E-state index contributed by atoms with van der Waals surface area (Å²) in [6.07, 6.45) is 10.1. The number of hydrogen-bond donors (Lipinski definition) is 1. The Bertz CT molecular complexity index is 202. The largest absolute Gasteiger partial charge is 0.478 e. The molecule has 0 spiro atoms. The van der Waals surface area contributed by atoms with Crippen LogP contribution in [0.1, 0.15) is 39.5 Å². The number of carbonyl (C=O) groups is 1. The van der Waals surface area contributed by atoms with Gasteiger partial charge in [-0.15, -0.1) is 0 Å². The average Bonchev–Trinajstić information content (AvgIpc) is 2.10. The lowest BCUT2D eigenvalue weighted by molar-refractivity contribution is -0.132. The number of rotatable bonds is 6. The molecule has 2 nitrogen and oxygen atoms in total. The highest BCUT2D eigenvalue weighted by Gasteiger charge is 1.97. The fourth-order valence-electron chi connectivity index (χ4n) is 0.979. The molecule has 0 aromatic rings. The third-order valence-corrected chi connectivity index (χ3v) is 1.85. The standard InChI is InChI=1S/C11H18O2/c1-3-4-5-6-7-8-9-10(2)11(12)13/h3-4,9H,5-8H2,1-2H3,(H,12,13)/b4-3+,10-9-. The van der Waals surface area contributed by atoms with E-state index in [1.807, 2.05) is 13.0 Å². The molecule has 0 saturated heterocycles. The molecule has 0 aliphatic carbocycles. The van der Waals surface area contributed by atoms with Crippen molar-refractivity contribution in [3.05, 3.63) is 23.8 Å². The first-order chi connectivity index (χ1) is 6.18. The second-order valence-corrected chi connectivity index (χ2v) is 3.05.